The van der Waals surface area contributed by atoms with Gasteiger partial charge in [0.25, 0.3) is 0 Å². The highest BCUT2D eigenvalue weighted by Gasteiger charge is 2.45. The van der Waals surface area contributed by atoms with Gasteiger partial charge in [-0.25, -0.2) is 0 Å². The van der Waals surface area contributed by atoms with Crippen molar-refractivity contribution in [2.45, 2.75) is 69.9 Å². The zero-order chi connectivity index (χ0) is 26.0. The molecule has 1 fully saturated rings. The molecule has 0 bridgehead atoms. The fourth-order valence-corrected chi connectivity index (χ4v) is 4.52. The molecule has 9 heteroatoms. The second-order valence-electron chi connectivity index (χ2n) is 9.40. The second kappa shape index (κ2) is 11.1. The van der Waals surface area contributed by atoms with Crippen LogP contribution >= 0.6 is 0 Å². The number of ether oxygens (including phenoxy) is 4. The lowest BCUT2D eigenvalue weighted by Crippen LogP contribution is -2.60. The summed E-state index contributed by atoms with van der Waals surface area (Å²) in [6.45, 7) is 3.43. The first kappa shape index (κ1) is 26.2. The molecule has 1 saturated heterocycles. The fraction of sp³-hybridized carbons (Fsp3) is 0.481. The highest BCUT2D eigenvalue weighted by Crippen LogP contribution is 2.44. The van der Waals surface area contributed by atoms with E-state index in [9.17, 15) is 25.5 Å². The number of phenols is 1. The molecule has 0 aromatic heterocycles. The SMILES string of the molecule is COc1ccc(C2CCc3ccc(O)c(CC=C(C)C)c3O2)c(OC2OC(CO)C(O)C(O)C2O)c1. The quantitative estimate of drug-likeness (QED) is 0.361. The largest absolute Gasteiger partial charge is 0.508 e. The van der Waals surface area contributed by atoms with Gasteiger partial charge in [0, 0.05) is 17.2 Å². The van der Waals surface area contributed by atoms with Gasteiger partial charge in [0.2, 0.25) is 6.29 Å². The van der Waals surface area contributed by atoms with Crippen LogP contribution in [-0.2, 0) is 17.6 Å². The summed E-state index contributed by atoms with van der Waals surface area (Å²) >= 11 is 0. The number of methoxy groups -OCH3 is 1. The van der Waals surface area contributed by atoms with E-state index in [4.69, 9.17) is 18.9 Å². The molecule has 4 rings (SSSR count). The Labute approximate surface area is 210 Å². The maximum atomic E-state index is 10.5. The molecular formula is C27H34O9. The normalized spacial score (nSPS) is 27.5. The third-order valence-corrected chi connectivity index (χ3v) is 6.63. The number of aryl methyl sites for hydroxylation is 1. The fourth-order valence-electron chi connectivity index (χ4n) is 4.52. The number of phenolic OH excluding ortho intramolecular Hbond substituents is 1. The molecule has 0 saturated carbocycles. The summed E-state index contributed by atoms with van der Waals surface area (Å²) in [6, 6.07) is 8.75. The zero-order valence-electron chi connectivity index (χ0n) is 20.6. The summed E-state index contributed by atoms with van der Waals surface area (Å²) in [7, 11) is 1.51. The van der Waals surface area contributed by atoms with Crippen molar-refractivity contribution < 1.29 is 44.5 Å². The minimum Gasteiger partial charge on any atom is -0.508 e. The van der Waals surface area contributed by atoms with Crippen LogP contribution < -0.4 is 14.2 Å². The Morgan fingerprint density at radius 3 is 2.56 bits per heavy atom. The second-order valence-corrected chi connectivity index (χ2v) is 9.40. The van der Waals surface area contributed by atoms with Crippen molar-refractivity contribution in [2.75, 3.05) is 13.7 Å². The van der Waals surface area contributed by atoms with Gasteiger partial charge < -0.3 is 44.5 Å². The molecule has 2 aliphatic rings. The Hall–Kier alpha value is -2.82. The molecule has 0 amide bonds. The lowest BCUT2D eigenvalue weighted by molar-refractivity contribution is -0.277. The lowest BCUT2D eigenvalue weighted by atomic mass is 9.93. The molecule has 6 atom stereocenters. The summed E-state index contributed by atoms with van der Waals surface area (Å²) < 4.78 is 23.3. The maximum absolute atomic E-state index is 10.5. The van der Waals surface area contributed by atoms with Crippen LogP contribution in [0.1, 0.15) is 43.1 Å². The third kappa shape index (κ3) is 5.30. The molecule has 5 N–H and O–H groups in total. The average molecular weight is 503 g/mol. The Bertz CT molecular complexity index is 1090. The molecule has 6 unspecified atom stereocenters. The van der Waals surface area contributed by atoms with Gasteiger partial charge in [-0.1, -0.05) is 17.7 Å². The molecule has 2 aromatic rings. The van der Waals surface area contributed by atoms with Gasteiger partial charge in [-0.2, -0.15) is 0 Å². The Kier molecular flexibility index (Phi) is 8.07. The Balaban J connectivity index is 1.66. The molecule has 2 aromatic carbocycles. The van der Waals surface area contributed by atoms with E-state index in [0.29, 0.717) is 47.6 Å². The molecule has 36 heavy (non-hydrogen) atoms. The molecule has 0 aliphatic carbocycles. The molecule has 196 valence electrons. The first-order chi connectivity index (χ1) is 17.2. The van der Waals surface area contributed by atoms with Crippen LogP contribution in [0.3, 0.4) is 0 Å². The van der Waals surface area contributed by atoms with Crippen molar-refractivity contribution in [3.05, 3.63) is 58.7 Å². The summed E-state index contributed by atoms with van der Waals surface area (Å²) in [5.41, 5.74) is 3.51. The van der Waals surface area contributed by atoms with Crippen molar-refractivity contribution >= 4 is 0 Å². The number of allylic oxidation sites excluding steroid dienone is 2. The van der Waals surface area contributed by atoms with Gasteiger partial charge in [-0.15, -0.1) is 0 Å². The van der Waals surface area contributed by atoms with E-state index in [0.717, 1.165) is 11.1 Å². The predicted octanol–water partition coefficient (Wildman–Crippen LogP) is 2.15. The average Bonchev–Trinajstić information content (AvgIpc) is 2.87. The van der Waals surface area contributed by atoms with Crippen LogP contribution in [0.4, 0.5) is 0 Å². The van der Waals surface area contributed by atoms with Crippen LogP contribution in [0.15, 0.2) is 42.0 Å². The van der Waals surface area contributed by atoms with Crippen LogP contribution in [0.2, 0.25) is 0 Å². The number of hydrogen-bond acceptors (Lipinski definition) is 9. The van der Waals surface area contributed by atoms with Crippen LogP contribution in [0.5, 0.6) is 23.0 Å². The molecule has 0 spiro atoms. The number of aliphatic hydroxyl groups is 4. The van der Waals surface area contributed by atoms with Crippen LogP contribution in [-0.4, -0.2) is 70.0 Å². The van der Waals surface area contributed by atoms with E-state index < -0.39 is 43.4 Å². The van der Waals surface area contributed by atoms with Gasteiger partial charge in [-0.05, 0) is 56.9 Å². The minimum absolute atomic E-state index is 0.166. The van der Waals surface area contributed by atoms with Crippen molar-refractivity contribution in [1.29, 1.82) is 0 Å². The number of hydrogen-bond donors (Lipinski definition) is 5. The number of rotatable bonds is 7. The lowest BCUT2D eigenvalue weighted by Gasteiger charge is -2.40. The number of aliphatic hydroxyl groups excluding tert-OH is 4. The van der Waals surface area contributed by atoms with Crippen LogP contribution in [0, 0.1) is 0 Å². The summed E-state index contributed by atoms with van der Waals surface area (Å²) in [5, 5.41) is 50.8. The van der Waals surface area contributed by atoms with Crippen molar-refractivity contribution in [3.63, 3.8) is 0 Å². The van der Waals surface area contributed by atoms with E-state index >= 15 is 0 Å². The van der Waals surface area contributed by atoms with Crippen molar-refractivity contribution in [2.24, 2.45) is 0 Å². The van der Waals surface area contributed by atoms with Crippen LogP contribution in [0.25, 0.3) is 0 Å². The van der Waals surface area contributed by atoms with Gasteiger partial charge in [-0.3, -0.25) is 0 Å². The first-order valence-electron chi connectivity index (χ1n) is 12.0. The van der Waals surface area contributed by atoms with Gasteiger partial charge in [0.1, 0.15) is 53.5 Å². The smallest absolute Gasteiger partial charge is 0.229 e. The first-order valence-corrected chi connectivity index (χ1v) is 12.0. The topological polar surface area (TPSA) is 138 Å². The predicted molar refractivity (Wildman–Crippen MR) is 130 cm³/mol. The molecular weight excluding hydrogens is 468 g/mol. The Morgan fingerprint density at radius 1 is 1.08 bits per heavy atom. The number of benzene rings is 2. The van der Waals surface area contributed by atoms with Gasteiger partial charge in [0.15, 0.2) is 0 Å². The zero-order valence-corrected chi connectivity index (χ0v) is 20.6. The number of fused-ring (bicyclic) bond motifs is 1. The van der Waals surface area contributed by atoms with E-state index in [2.05, 4.69) is 0 Å². The van der Waals surface area contributed by atoms with E-state index in [1.807, 2.05) is 26.0 Å². The number of aromatic hydroxyl groups is 1. The van der Waals surface area contributed by atoms with E-state index in [1.165, 1.54) is 7.11 Å². The molecule has 2 aliphatic heterocycles. The van der Waals surface area contributed by atoms with Gasteiger partial charge in [0.05, 0.1) is 13.7 Å². The van der Waals surface area contributed by atoms with E-state index in [-0.39, 0.29) is 5.75 Å². The van der Waals surface area contributed by atoms with Crippen molar-refractivity contribution in [3.8, 4) is 23.0 Å². The highest BCUT2D eigenvalue weighted by atomic mass is 16.7. The summed E-state index contributed by atoms with van der Waals surface area (Å²) in [5.74, 6) is 1.60. The highest BCUT2D eigenvalue weighted by molar-refractivity contribution is 5.53. The molecule has 9 nitrogen and oxygen atoms in total. The summed E-state index contributed by atoms with van der Waals surface area (Å²) in [6.07, 6.45) is -3.57. The third-order valence-electron chi connectivity index (χ3n) is 6.63. The molecule has 0 radical (unpaired) electrons. The summed E-state index contributed by atoms with van der Waals surface area (Å²) in [4.78, 5) is 0. The van der Waals surface area contributed by atoms with E-state index in [1.54, 1.807) is 24.3 Å². The maximum Gasteiger partial charge on any atom is 0.229 e. The molecule has 2 heterocycles. The standard InChI is InChI=1S/C27H34O9/c1-14(2)4-8-17-19(29)10-5-15-6-11-20(34-26(15)17)18-9-7-16(33-3)12-21(18)35-27-25(32)24(31)23(30)22(13-28)36-27/h4-5,7,9-10,12,20,22-25,27-32H,6,8,11,13H2,1-3H3. The minimum atomic E-state index is -1.56. The Morgan fingerprint density at radius 2 is 1.86 bits per heavy atom. The monoisotopic (exact) mass is 502 g/mol. The van der Waals surface area contributed by atoms with Gasteiger partial charge >= 0.3 is 0 Å². The van der Waals surface area contributed by atoms with Crippen molar-refractivity contribution in [1.82, 2.24) is 0 Å².